The summed E-state index contributed by atoms with van der Waals surface area (Å²) < 4.78 is 13.0. The van der Waals surface area contributed by atoms with E-state index in [1.807, 2.05) is 18.2 Å². The van der Waals surface area contributed by atoms with Crippen LogP contribution in [-0.4, -0.2) is 41.6 Å². The molecule has 1 atom stereocenters. The molecular weight excluding hydrogens is 470 g/mol. The van der Waals surface area contributed by atoms with Crippen molar-refractivity contribution in [3.05, 3.63) is 63.9 Å². The van der Waals surface area contributed by atoms with E-state index in [2.05, 4.69) is 20.9 Å². The summed E-state index contributed by atoms with van der Waals surface area (Å²) in [6.07, 6.45) is 2.04. The van der Waals surface area contributed by atoms with Crippen molar-refractivity contribution >= 4 is 52.1 Å². The minimum absolute atomic E-state index is 0.105. The summed E-state index contributed by atoms with van der Waals surface area (Å²) in [7, 11) is 0. The molecule has 3 rings (SSSR count). The standard InChI is InChI=1S/C23H27Cl2FN4OS/c1-15(28-23(32)29-19-5-3-18(26)4-6-19)22(31)27-13-16-8-10-30(11-9-16)14-17-2-7-20(24)21(25)12-17/h2-7,12,15-16H,8-11,13-14H2,1H3,(H,27,31)(H2,28,29,32)/t15-/m0/s1. The number of likely N-dealkylation sites (tertiary alicyclic amines) is 1. The van der Waals surface area contributed by atoms with Crippen molar-refractivity contribution in [1.29, 1.82) is 0 Å². The molecule has 1 heterocycles. The Morgan fingerprint density at radius 2 is 1.84 bits per heavy atom. The molecule has 0 aliphatic carbocycles. The van der Waals surface area contributed by atoms with E-state index in [1.165, 1.54) is 12.1 Å². The Balaban J connectivity index is 1.35. The summed E-state index contributed by atoms with van der Waals surface area (Å²) in [5.41, 5.74) is 1.81. The van der Waals surface area contributed by atoms with Crippen LogP contribution in [0.2, 0.25) is 10.0 Å². The van der Waals surface area contributed by atoms with Gasteiger partial charge in [0.05, 0.1) is 10.0 Å². The molecule has 1 fully saturated rings. The highest BCUT2D eigenvalue weighted by atomic mass is 35.5. The SMILES string of the molecule is C[C@H](NC(=S)Nc1ccc(F)cc1)C(=O)NCC1CCN(Cc2ccc(Cl)c(Cl)c2)CC1. The zero-order valence-corrected chi connectivity index (χ0v) is 20.2. The lowest BCUT2D eigenvalue weighted by molar-refractivity contribution is -0.122. The van der Waals surface area contributed by atoms with E-state index in [9.17, 15) is 9.18 Å². The van der Waals surface area contributed by atoms with E-state index in [0.717, 1.165) is 38.0 Å². The number of amides is 1. The van der Waals surface area contributed by atoms with Crippen LogP contribution in [0.25, 0.3) is 0 Å². The number of hydrogen-bond acceptors (Lipinski definition) is 3. The van der Waals surface area contributed by atoms with Gasteiger partial charge in [-0.15, -0.1) is 0 Å². The van der Waals surface area contributed by atoms with Gasteiger partial charge in [-0.1, -0.05) is 29.3 Å². The summed E-state index contributed by atoms with van der Waals surface area (Å²) in [5, 5.41) is 10.4. The molecule has 172 valence electrons. The topological polar surface area (TPSA) is 56.4 Å². The zero-order valence-electron chi connectivity index (χ0n) is 17.8. The Bertz CT molecular complexity index is 936. The lowest BCUT2D eigenvalue weighted by Crippen LogP contribution is -2.48. The second-order valence-electron chi connectivity index (χ2n) is 8.04. The van der Waals surface area contributed by atoms with Gasteiger partial charge in [0.2, 0.25) is 5.91 Å². The van der Waals surface area contributed by atoms with E-state index >= 15 is 0 Å². The van der Waals surface area contributed by atoms with Gasteiger partial charge in [-0.05, 0) is 93.0 Å². The highest BCUT2D eigenvalue weighted by Crippen LogP contribution is 2.24. The summed E-state index contributed by atoms with van der Waals surface area (Å²) in [6, 6.07) is 11.1. The van der Waals surface area contributed by atoms with Crippen LogP contribution in [0.5, 0.6) is 0 Å². The van der Waals surface area contributed by atoms with Crippen molar-refractivity contribution in [3.8, 4) is 0 Å². The molecule has 32 heavy (non-hydrogen) atoms. The van der Waals surface area contributed by atoms with Crippen LogP contribution in [0.4, 0.5) is 10.1 Å². The highest BCUT2D eigenvalue weighted by Gasteiger charge is 2.21. The lowest BCUT2D eigenvalue weighted by atomic mass is 9.96. The van der Waals surface area contributed by atoms with Crippen LogP contribution in [-0.2, 0) is 11.3 Å². The van der Waals surface area contributed by atoms with Crippen LogP contribution >= 0.6 is 35.4 Å². The van der Waals surface area contributed by atoms with Crippen molar-refractivity contribution in [2.45, 2.75) is 32.4 Å². The Morgan fingerprint density at radius 3 is 2.50 bits per heavy atom. The van der Waals surface area contributed by atoms with Crippen molar-refractivity contribution in [2.75, 3.05) is 25.0 Å². The third kappa shape index (κ3) is 7.59. The average molecular weight is 497 g/mol. The maximum atomic E-state index is 13.0. The van der Waals surface area contributed by atoms with E-state index in [4.69, 9.17) is 35.4 Å². The third-order valence-corrected chi connectivity index (χ3v) is 6.46. The molecule has 1 amide bonds. The summed E-state index contributed by atoms with van der Waals surface area (Å²) in [6.45, 7) is 5.19. The number of hydrogen-bond donors (Lipinski definition) is 3. The van der Waals surface area contributed by atoms with Crippen molar-refractivity contribution < 1.29 is 9.18 Å². The molecule has 0 spiro atoms. The van der Waals surface area contributed by atoms with Crippen LogP contribution in [0.1, 0.15) is 25.3 Å². The maximum absolute atomic E-state index is 13.0. The molecule has 1 aliphatic heterocycles. The first-order valence-electron chi connectivity index (χ1n) is 10.6. The number of anilines is 1. The van der Waals surface area contributed by atoms with E-state index in [-0.39, 0.29) is 11.7 Å². The number of nitrogens with one attached hydrogen (secondary N) is 3. The molecule has 0 radical (unpaired) electrons. The molecule has 5 nitrogen and oxygen atoms in total. The molecule has 1 saturated heterocycles. The molecular formula is C23H27Cl2FN4OS. The molecule has 0 bridgehead atoms. The monoisotopic (exact) mass is 496 g/mol. The molecule has 2 aromatic carbocycles. The normalized spacial score (nSPS) is 15.8. The summed E-state index contributed by atoms with van der Waals surface area (Å²) >= 11 is 17.3. The number of piperidine rings is 1. The van der Waals surface area contributed by atoms with Gasteiger partial charge in [-0.3, -0.25) is 9.69 Å². The minimum Gasteiger partial charge on any atom is -0.354 e. The molecule has 3 N–H and O–H groups in total. The molecule has 0 unspecified atom stereocenters. The van der Waals surface area contributed by atoms with Crippen molar-refractivity contribution in [2.24, 2.45) is 5.92 Å². The first-order chi connectivity index (χ1) is 15.3. The molecule has 2 aromatic rings. The van der Waals surface area contributed by atoms with Crippen LogP contribution in [0.15, 0.2) is 42.5 Å². The van der Waals surface area contributed by atoms with Crippen molar-refractivity contribution in [1.82, 2.24) is 15.5 Å². The number of carbonyl (C=O) groups excluding carboxylic acids is 1. The van der Waals surface area contributed by atoms with Gasteiger partial charge in [0.25, 0.3) is 0 Å². The largest absolute Gasteiger partial charge is 0.354 e. The van der Waals surface area contributed by atoms with Gasteiger partial charge in [0.15, 0.2) is 5.11 Å². The Morgan fingerprint density at radius 1 is 1.16 bits per heavy atom. The van der Waals surface area contributed by atoms with E-state index in [1.54, 1.807) is 19.1 Å². The van der Waals surface area contributed by atoms with Gasteiger partial charge in [0.1, 0.15) is 11.9 Å². The summed E-state index contributed by atoms with van der Waals surface area (Å²) in [4.78, 5) is 14.8. The Labute approximate surface area is 203 Å². The fraction of sp³-hybridized carbons (Fsp3) is 0.391. The molecule has 0 saturated carbocycles. The predicted octanol–water partition coefficient (Wildman–Crippen LogP) is 4.84. The van der Waals surface area contributed by atoms with Gasteiger partial charge in [-0.2, -0.15) is 0 Å². The van der Waals surface area contributed by atoms with Gasteiger partial charge in [-0.25, -0.2) is 4.39 Å². The Hall–Kier alpha value is -1.93. The number of carbonyl (C=O) groups is 1. The Kier molecular flexibility index (Phi) is 9.11. The number of halogens is 3. The highest BCUT2D eigenvalue weighted by molar-refractivity contribution is 7.80. The smallest absolute Gasteiger partial charge is 0.242 e. The van der Waals surface area contributed by atoms with Crippen LogP contribution in [0.3, 0.4) is 0 Å². The van der Waals surface area contributed by atoms with Gasteiger partial charge in [0, 0.05) is 18.8 Å². The van der Waals surface area contributed by atoms with Gasteiger partial charge >= 0.3 is 0 Å². The molecule has 1 aliphatic rings. The van der Waals surface area contributed by atoms with Gasteiger partial charge < -0.3 is 16.0 Å². The second kappa shape index (κ2) is 11.8. The molecule has 0 aromatic heterocycles. The first-order valence-corrected chi connectivity index (χ1v) is 11.7. The van der Waals surface area contributed by atoms with E-state index < -0.39 is 6.04 Å². The fourth-order valence-corrected chi connectivity index (χ4v) is 4.22. The molecule has 9 heteroatoms. The van der Waals surface area contributed by atoms with Crippen LogP contribution < -0.4 is 16.0 Å². The maximum Gasteiger partial charge on any atom is 0.242 e. The quantitative estimate of drug-likeness (QED) is 0.479. The fourth-order valence-electron chi connectivity index (χ4n) is 3.61. The van der Waals surface area contributed by atoms with Crippen LogP contribution in [0, 0.1) is 11.7 Å². The first kappa shape index (κ1) is 24.7. The average Bonchev–Trinajstić information content (AvgIpc) is 2.77. The number of thiocarbonyl (C=S) groups is 1. The summed E-state index contributed by atoms with van der Waals surface area (Å²) in [5.74, 6) is 0.0226. The lowest BCUT2D eigenvalue weighted by Gasteiger charge is -2.32. The number of nitrogens with zero attached hydrogens (tertiary/aromatic N) is 1. The predicted molar refractivity (Wildman–Crippen MR) is 133 cm³/mol. The second-order valence-corrected chi connectivity index (χ2v) is 9.26. The number of rotatable bonds is 7. The number of benzene rings is 2. The zero-order chi connectivity index (χ0) is 23.1. The minimum atomic E-state index is -0.481. The van der Waals surface area contributed by atoms with Crippen molar-refractivity contribution in [3.63, 3.8) is 0 Å². The third-order valence-electron chi connectivity index (χ3n) is 5.51. The van der Waals surface area contributed by atoms with E-state index in [0.29, 0.717) is 33.3 Å².